The molecule has 0 fully saturated rings. The summed E-state index contributed by atoms with van der Waals surface area (Å²) in [4.78, 5) is 4.18. The molecule has 0 heterocycles. The molecule has 0 saturated heterocycles. The summed E-state index contributed by atoms with van der Waals surface area (Å²) >= 11 is 0. The van der Waals surface area contributed by atoms with E-state index in [1.807, 2.05) is 27.0 Å². The van der Waals surface area contributed by atoms with Crippen molar-refractivity contribution in [3.63, 3.8) is 0 Å². The second-order valence-corrected chi connectivity index (χ2v) is 2.20. The fourth-order valence-electron chi connectivity index (χ4n) is 0.460. The molecule has 0 spiro atoms. The summed E-state index contributed by atoms with van der Waals surface area (Å²) in [6, 6.07) is 0. The van der Waals surface area contributed by atoms with Crippen molar-refractivity contribution in [2.24, 2.45) is 4.99 Å². The van der Waals surface area contributed by atoms with Gasteiger partial charge in [-0.2, -0.15) is 13.8 Å². The van der Waals surface area contributed by atoms with Crippen molar-refractivity contribution in [3.05, 3.63) is 25.5 Å². The Hall–Kier alpha value is 1.62. The maximum Gasteiger partial charge on any atom is 3.00 e. The molecule has 0 aliphatic heterocycles. The summed E-state index contributed by atoms with van der Waals surface area (Å²) in [7, 11) is 0. The molecule has 0 rings (SSSR count). The van der Waals surface area contributed by atoms with Crippen molar-refractivity contribution in [2.45, 2.75) is 27.2 Å². The summed E-state index contributed by atoms with van der Waals surface area (Å²) in [5.41, 5.74) is 1.20. The molecule has 0 aliphatic rings. The van der Waals surface area contributed by atoms with Gasteiger partial charge in [0.2, 0.25) is 0 Å². The van der Waals surface area contributed by atoms with Gasteiger partial charge in [-0.05, 0) is 6.21 Å². The summed E-state index contributed by atoms with van der Waals surface area (Å²) in [5, 5.41) is 0. The molecule has 0 unspecified atom stereocenters. The first-order chi connectivity index (χ1) is 4.81. The Kier molecular flexibility index (Phi) is 35.6. The monoisotopic (exact) mass is 330 g/mol. The maximum atomic E-state index is 4.18. The molecule has 0 atom stereocenters. The number of rotatable bonds is 4. The maximum absolute atomic E-state index is 4.18. The Labute approximate surface area is 134 Å². The zero-order valence-electron chi connectivity index (χ0n) is 9.17. The number of allylic oxidation sites excluding steroid dienone is 1. The van der Waals surface area contributed by atoms with E-state index in [1.165, 1.54) is 5.57 Å². The third-order valence-electron chi connectivity index (χ3n) is 1.23. The minimum Gasteiger partial charge on any atom is -0.499 e. The zero-order chi connectivity index (χ0) is 7.82. The summed E-state index contributed by atoms with van der Waals surface area (Å²) in [6.45, 7) is 6.77. The van der Waals surface area contributed by atoms with Crippen LogP contribution in [0.25, 0.3) is 0 Å². The van der Waals surface area contributed by atoms with Crippen LogP contribution in [0.5, 0.6) is 0 Å². The van der Waals surface area contributed by atoms with Crippen LogP contribution in [-0.4, -0.2) is 12.8 Å². The van der Waals surface area contributed by atoms with Crippen LogP contribution in [0.2, 0.25) is 0 Å². The van der Waals surface area contributed by atoms with Crippen LogP contribution < -0.4 is 0 Å². The smallest absolute Gasteiger partial charge is 0.499 e. The van der Waals surface area contributed by atoms with Gasteiger partial charge in [0.15, 0.2) is 0 Å². The summed E-state index contributed by atoms with van der Waals surface area (Å²) in [6.07, 6.45) is 8.02. The van der Waals surface area contributed by atoms with Gasteiger partial charge in [0, 0.05) is 39.3 Å². The van der Waals surface area contributed by atoms with Crippen LogP contribution in [0.3, 0.4) is 0 Å². The van der Waals surface area contributed by atoms with Gasteiger partial charge in [0.1, 0.15) is 0 Å². The zero-order valence-corrected chi connectivity index (χ0v) is 14.8. The first kappa shape index (κ1) is 24.0. The fourth-order valence-corrected chi connectivity index (χ4v) is 0.460. The summed E-state index contributed by atoms with van der Waals surface area (Å²) < 4.78 is 0. The SMILES string of the molecule is C[C-]=C(C)CN=CC[CH-]C.[CH3-].[Y+3].[Y]. The fraction of sp³-hybridized carbons (Fsp3) is 0.500. The molecule has 0 aromatic rings. The molecule has 1 radical (unpaired) electrons. The van der Waals surface area contributed by atoms with E-state index < -0.39 is 0 Å². The van der Waals surface area contributed by atoms with Gasteiger partial charge in [-0.15, -0.1) is 6.42 Å². The Balaban J connectivity index is -0.000000135. The van der Waals surface area contributed by atoms with Crippen molar-refractivity contribution in [2.75, 3.05) is 6.54 Å². The average molecular weight is 330 g/mol. The van der Waals surface area contributed by atoms with Crippen molar-refractivity contribution < 1.29 is 65.4 Å². The van der Waals surface area contributed by atoms with Crippen LogP contribution in [0.15, 0.2) is 10.6 Å². The van der Waals surface area contributed by atoms with Crippen molar-refractivity contribution in [1.82, 2.24) is 0 Å². The molecule has 13 heavy (non-hydrogen) atoms. The van der Waals surface area contributed by atoms with Gasteiger partial charge < -0.3 is 19.9 Å². The largest absolute Gasteiger partial charge is 3.00 e. The molecule has 3 heteroatoms. The number of hydrogen-bond acceptors (Lipinski definition) is 1. The molecular weight excluding hydrogens is 312 g/mol. The Morgan fingerprint density at radius 3 is 2.46 bits per heavy atom. The first-order valence-corrected chi connectivity index (χ1v) is 3.57. The van der Waals surface area contributed by atoms with E-state index in [4.69, 9.17) is 0 Å². The van der Waals surface area contributed by atoms with E-state index in [-0.39, 0.29) is 72.8 Å². The summed E-state index contributed by atoms with van der Waals surface area (Å²) in [5.74, 6) is 0. The number of unbranched alkanes of at least 4 members (excludes halogenated alkanes) is 1. The Bertz CT molecular complexity index is 131. The van der Waals surface area contributed by atoms with Crippen molar-refractivity contribution >= 4 is 6.21 Å². The Morgan fingerprint density at radius 1 is 1.54 bits per heavy atom. The van der Waals surface area contributed by atoms with Gasteiger partial charge in [-0.25, -0.2) is 5.57 Å². The molecule has 0 bridgehead atoms. The molecule has 0 aliphatic carbocycles. The van der Waals surface area contributed by atoms with Crippen molar-refractivity contribution in [3.8, 4) is 0 Å². The van der Waals surface area contributed by atoms with Crippen LogP contribution in [0.1, 0.15) is 27.2 Å². The van der Waals surface area contributed by atoms with E-state index in [0.717, 1.165) is 13.0 Å². The van der Waals surface area contributed by atoms with E-state index in [2.05, 4.69) is 17.5 Å². The number of aliphatic imine (C=N–C) groups is 1. The van der Waals surface area contributed by atoms with Gasteiger partial charge in [0.25, 0.3) is 0 Å². The van der Waals surface area contributed by atoms with E-state index in [1.54, 1.807) is 0 Å². The number of hydrogen-bond donors (Lipinski definition) is 0. The van der Waals surface area contributed by atoms with Gasteiger partial charge in [-0.1, -0.05) is 6.92 Å². The van der Waals surface area contributed by atoms with Crippen LogP contribution in [0.4, 0.5) is 0 Å². The van der Waals surface area contributed by atoms with Crippen LogP contribution >= 0.6 is 0 Å². The second-order valence-electron chi connectivity index (χ2n) is 2.20. The molecular formula is C10H18NY2. The molecule has 1 nitrogen and oxygen atoms in total. The normalized spacial score (nSPS) is 9.92. The third-order valence-corrected chi connectivity index (χ3v) is 1.23. The topological polar surface area (TPSA) is 12.4 Å². The van der Waals surface area contributed by atoms with Gasteiger partial charge in [0.05, 0.1) is 0 Å². The van der Waals surface area contributed by atoms with Gasteiger partial charge in [-0.3, -0.25) is 4.99 Å². The predicted octanol–water partition coefficient (Wildman–Crippen LogP) is 2.89. The standard InChI is InChI=1S/C9H15N.CH3.2Y/c1-4-6-7-10-8-9(3)5-2;;;/h4,7H,6,8H2,1-3H3;1H3;;/q-2;-1;;+3. The van der Waals surface area contributed by atoms with E-state index in [9.17, 15) is 0 Å². The molecule has 0 aromatic carbocycles. The number of nitrogens with zero attached hydrogens (tertiary/aromatic N) is 1. The van der Waals surface area contributed by atoms with Gasteiger partial charge >= 0.3 is 32.7 Å². The van der Waals surface area contributed by atoms with Crippen LogP contribution in [-0.2, 0) is 65.4 Å². The predicted molar refractivity (Wildman–Crippen MR) is 52.5 cm³/mol. The minimum atomic E-state index is 0. The van der Waals surface area contributed by atoms with E-state index >= 15 is 0 Å². The van der Waals surface area contributed by atoms with Crippen LogP contribution in [0, 0.1) is 19.9 Å². The molecule has 0 aromatic heterocycles. The quantitative estimate of drug-likeness (QED) is 0.555. The third kappa shape index (κ3) is 19.9. The molecule has 0 amide bonds. The first-order valence-electron chi connectivity index (χ1n) is 3.57. The van der Waals surface area contributed by atoms with E-state index in [0.29, 0.717) is 0 Å². The average Bonchev–Trinajstić information content (AvgIpc) is 1.98. The molecule has 0 N–H and O–H groups in total. The van der Waals surface area contributed by atoms with Crippen molar-refractivity contribution in [1.29, 1.82) is 0 Å². The Morgan fingerprint density at radius 2 is 2.08 bits per heavy atom. The molecule has 69 valence electrons. The second kappa shape index (κ2) is 19.2. The minimum absolute atomic E-state index is 0. The molecule has 0 saturated carbocycles.